The van der Waals surface area contributed by atoms with Crippen molar-refractivity contribution in [1.82, 2.24) is 15.1 Å². The molecule has 0 aliphatic carbocycles. The molecule has 3 N–H and O–H groups in total. The molecule has 0 fully saturated rings. The van der Waals surface area contributed by atoms with Gasteiger partial charge in [-0.3, -0.25) is 4.79 Å². The molecule has 96 valence electrons. The van der Waals surface area contributed by atoms with Crippen molar-refractivity contribution in [2.24, 2.45) is 0 Å². The lowest BCUT2D eigenvalue weighted by Crippen LogP contribution is -2.27. The van der Waals surface area contributed by atoms with E-state index in [0.29, 0.717) is 10.2 Å². The Hall–Kier alpha value is -0.920. The minimum atomic E-state index is -0.243. The SMILES string of the molecule is CCNCCNc1cnn(CCO)c(=O)c1Br. The maximum Gasteiger partial charge on any atom is 0.283 e. The Kier molecular flexibility index (Phi) is 6.17. The Balaban J connectivity index is 2.68. The fraction of sp³-hybridized carbons (Fsp3) is 0.600. The highest BCUT2D eigenvalue weighted by molar-refractivity contribution is 9.10. The van der Waals surface area contributed by atoms with Crippen LogP contribution in [0.5, 0.6) is 0 Å². The lowest BCUT2D eigenvalue weighted by molar-refractivity contribution is 0.266. The van der Waals surface area contributed by atoms with E-state index in [4.69, 9.17) is 5.11 Å². The molecule has 0 bridgehead atoms. The normalized spacial score (nSPS) is 10.5. The summed E-state index contributed by atoms with van der Waals surface area (Å²) in [6.07, 6.45) is 1.58. The van der Waals surface area contributed by atoms with Gasteiger partial charge < -0.3 is 15.7 Å². The topological polar surface area (TPSA) is 79.2 Å². The Bertz CT molecular complexity index is 408. The molecule has 1 aromatic heterocycles. The first-order chi connectivity index (χ1) is 8.20. The average molecular weight is 305 g/mol. The van der Waals surface area contributed by atoms with Crippen molar-refractivity contribution in [3.05, 3.63) is 21.0 Å². The highest BCUT2D eigenvalue weighted by Gasteiger charge is 2.07. The lowest BCUT2D eigenvalue weighted by Gasteiger charge is -2.09. The summed E-state index contributed by atoms with van der Waals surface area (Å²) in [6, 6.07) is 0. The zero-order valence-corrected chi connectivity index (χ0v) is 11.3. The van der Waals surface area contributed by atoms with Crippen LogP contribution in [0, 0.1) is 0 Å². The molecule has 0 atom stereocenters. The summed E-state index contributed by atoms with van der Waals surface area (Å²) >= 11 is 3.23. The van der Waals surface area contributed by atoms with E-state index in [2.05, 4.69) is 31.7 Å². The summed E-state index contributed by atoms with van der Waals surface area (Å²) in [7, 11) is 0. The zero-order chi connectivity index (χ0) is 12.7. The molecule has 7 heteroatoms. The van der Waals surface area contributed by atoms with Crippen LogP contribution in [0.1, 0.15) is 6.92 Å². The smallest absolute Gasteiger partial charge is 0.283 e. The number of nitrogens with one attached hydrogen (secondary N) is 2. The fourth-order valence-corrected chi connectivity index (χ4v) is 1.75. The predicted molar refractivity (Wildman–Crippen MR) is 70.3 cm³/mol. The van der Waals surface area contributed by atoms with Gasteiger partial charge in [0.05, 0.1) is 25.0 Å². The van der Waals surface area contributed by atoms with Crippen molar-refractivity contribution < 1.29 is 5.11 Å². The molecule has 0 spiro atoms. The van der Waals surface area contributed by atoms with Gasteiger partial charge in [0.2, 0.25) is 0 Å². The molecule has 0 amide bonds. The third kappa shape index (κ3) is 4.10. The predicted octanol–water partition coefficient (Wildman–Crippen LogP) is 0.0195. The van der Waals surface area contributed by atoms with Gasteiger partial charge in [-0.05, 0) is 22.5 Å². The molecular formula is C10H17BrN4O2. The van der Waals surface area contributed by atoms with Crippen LogP contribution in [0.2, 0.25) is 0 Å². The van der Waals surface area contributed by atoms with Crippen molar-refractivity contribution in [3.63, 3.8) is 0 Å². The summed E-state index contributed by atoms with van der Waals surface area (Å²) in [5.41, 5.74) is 0.426. The molecule has 0 saturated heterocycles. The fourth-order valence-electron chi connectivity index (χ4n) is 1.30. The molecule has 17 heavy (non-hydrogen) atoms. The van der Waals surface area contributed by atoms with Crippen LogP contribution in [0.25, 0.3) is 0 Å². The Morgan fingerprint density at radius 1 is 1.53 bits per heavy atom. The molecular weight excluding hydrogens is 288 g/mol. The van der Waals surface area contributed by atoms with Crippen LogP contribution in [-0.2, 0) is 6.54 Å². The molecule has 1 aromatic rings. The average Bonchev–Trinajstić information content (AvgIpc) is 2.33. The Labute approximate surface area is 108 Å². The summed E-state index contributed by atoms with van der Waals surface area (Å²) in [5, 5.41) is 19.0. The van der Waals surface area contributed by atoms with Crippen molar-refractivity contribution in [1.29, 1.82) is 0 Å². The van der Waals surface area contributed by atoms with Gasteiger partial charge in [-0.15, -0.1) is 0 Å². The van der Waals surface area contributed by atoms with Gasteiger partial charge in [-0.2, -0.15) is 5.10 Å². The van der Waals surface area contributed by atoms with E-state index in [-0.39, 0.29) is 18.7 Å². The first-order valence-corrected chi connectivity index (χ1v) is 6.31. The van der Waals surface area contributed by atoms with Crippen LogP contribution in [0.3, 0.4) is 0 Å². The van der Waals surface area contributed by atoms with E-state index in [9.17, 15) is 4.79 Å². The van der Waals surface area contributed by atoms with Crippen LogP contribution >= 0.6 is 15.9 Å². The van der Waals surface area contributed by atoms with Gasteiger partial charge in [0, 0.05) is 13.1 Å². The first-order valence-electron chi connectivity index (χ1n) is 5.51. The summed E-state index contributed by atoms with van der Waals surface area (Å²) in [5.74, 6) is 0. The van der Waals surface area contributed by atoms with Gasteiger partial charge in [-0.25, -0.2) is 4.68 Å². The highest BCUT2D eigenvalue weighted by atomic mass is 79.9. The monoisotopic (exact) mass is 304 g/mol. The molecule has 0 saturated carbocycles. The van der Waals surface area contributed by atoms with E-state index < -0.39 is 0 Å². The van der Waals surface area contributed by atoms with Crippen molar-refractivity contribution in [2.75, 3.05) is 31.6 Å². The molecule has 0 aliphatic heterocycles. The van der Waals surface area contributed by atoms with Crippen molar-refractivity contribution >= 4 is 21.6 Å². The van der Waals surface area contributed by atoms with Crippen LogP contribution in [0.4, 0.5) is 5.69 Å². The van der Waals surface area contributed by atoms with Gasteiger partial charge >= 0.3 is 0 Å². The second kappa shape index (κ2) is 7.41. The number of hydrogen-bond donors (Lipinski definition) is 3. The molecule has 1 heterocycles. The minimum Gasteiger partial charge on any atom is -0.394 e. The van der Waals surface area contributed by atoms with Gasteiger partial charge in [0.1, 0.15) is 4.47 Å². The van der Waals surface area contributed by atoms with Crippen molar-refractivity contribution in [2.45, 2.75) is 13.5 Å². The van der Waals surface area contributed by atoms with Gasteiger partial charge in [0.15, 0.2) is 0 Å². The van der Waals surface area contributed by atoms with E-state index in [1.54, 1.807) is 6.20 Å². The zero-order valence-electron chi connectivity index (χ0n) is 9.74. The molecule has 0 radical (unpaired) electrons. The second-order valence-corrected chi connectivity index (χ2v) is 4.20. The van der Waals surface area contributed by atoms with E-state index in [1.165, 1.54) is 4.68 Å². The quantitative estimate of drug-likeness (QED) is 0.619. The maximum absolute atomic E-state index is 11.8. The number of anilines is 1. The van der Waals surface area contributed by atoms with E-state index in [1.807, 2.05) is 6.92 Å². The van der Waals surface area contributed by atoms with Crippen molar-refractivity contribution in [3.8, 4) is 0 Å². The van der Waals surface area contributed by atoms with E-state index >= 15 is 0 Å². The van der Waals surface area contributed by atoms with Gasteiger partial charge in [0.25, 0.3) is 5.56 Å². The minimum absolute atomic E-state index is 0.105. The largest absolute Gasteiger partial charge is 0.394 e. The third-order valence-electron chi connectivity index (χ3n) is 2.16. The number of likely N-dealkylation sites (N-methyl/N-ethyl adjacent to an activating group) is 1. The summed E-state index contributed by atoms with van der Waals surface area (Å²) in [4.78, 5) is 11.8. The number of hydrogen-bond acceptors (Lipinski definition) is 5. The Morgan fingerprint density at radius 3 is 2.94 bits per heavy atom. The maximum atomic E-state index is 11.8. The van der Waals surface area contributed by atoms with Crippen LogP contribution in [0.15, 0.2) is 15.5 Å². The molecule has 6 nitrogen and oxygen atoms in total. The summed E-state index contributed by atoms with van der Waals surface area (Å²) in [6.45, 7) is 4.59. The van der Waals surface area contributed by atoms with Crippen LogP contribution < -0.4 is 16.2 Å². The molecule has 0 aliphatic rings. The number of rotatable bonds is 7. The number of aliphatic hydroxyl groups is 1. The summed E-state index contributed by atoms with van der Waals surface area (Å²) < 4.78 is 1.66. The number of nitrogens with zero attached hydrogens (tertiary/aromatic N) is 2. The number of aliphatic hydroxyl groups excluding tert-OH is 1. The second-order valence-electron chi connectivity index (χ2n) is 3.40. The molecule has 0 unspecified atom stereocenters. The molecule has 0 aromatic carbocycles. The lowest BCUT2D eigenvalue weighted by atomic mass is 10.4. The van der Waals surface area contributed by atoms with E-state index in [0.717, 1.165) is 19.6 Å². The number of aromatic nitrogens is 2. The van der Waals surface area contributed by atoms with Crippen LogP contribution in [-0.4, -0.2) is 41.1 Å². The van der Waals surface area contributed by atoms with Gasteiger partial charge in [-0.1, -0.05) is 6.92 Å². The Morgan fingerprint density at radius 2 is 2.29 bits per heavy atom. The number of halogens is 1. The first kappa shape index (κ1) is 14.1. The molecule has 1 rings (SSSR count). The third-order valence-corrected chi connectivity index (χ3v) is 2.93. The standard InChI is InChI=1S/C10H17BrN4O2/c1-2-12-3-4-13-8-7-14-15(5-6-16)10(17)9(8)11/h7,12-13,16H,2-6H2,1H3. The highest BCUT2D eigenvalue weighted by Crippen LogP contribution is 2.15.